The third-order valence-electron chi connectivity index (χ3n) is 3.02. The lowest BCUT2D eigenvalue weighted by Gasteiger charge is -2.12. The minimum atomic E-state index is -1.05. The van der Waals surface area contributed by atoms with Crippen LogP contribution in [-0.2, 0) is 14.3 Å². The van der Waals surface area contributed by atoms with Gasteiger partial charge in [-0.05, 0) is 23.1 Å². The van der Waals surface area contributed by atoms with Crippen LogP contribution in [-0.4, -0.2) is 36.7 Å². The monoisotopic (exact) mass is 291 g/mol. The van der Waals surface area contributed by atoms with Crippen LogP contribution in [0.15, 0.2) is 30.3 Å². The van der Waals surface area contributed by atoms with E-state index in [-0.39, 0.29) is 0 Å². The molecule has 0 heterocycles. The van der Waals surface area contributed by atoms with Crippen molar-refractivity contribution in [2.45, 2.75) is 25.8 Å². The Balaban J connectivity index is 2.63. The number of hydrogen-bond donors (Lipinski definition) is 2. The largest absolute Gasteiger partial charge is 0.467 e. The smallest absolute Gasteiger partial charge is 0.330 e. The van der Waals surface area contributed by atoms with E-state index in [4.69, 9.17) is 5.11 Å². The van der Waals surface area contributed by atoms with Crippen LogP contribution in [0.1, 0.15) is 30.9 Å². The molecular weight excluding hydrogens is 270 g/mol. The van der Waals surface area contributed by atoms with Crippen molar-refractivity contribution >= 4 is 18.0 Å². The van der Waals surface area contributed by atoms with Gasteiger partial charge in [0.15, 0.2) is 6.04 Å². The van der Waals surface area contributed by atoms with Gasteiger partial charge in [0.05, 0.1) is 13.7 Å². The molecule has 1 atom stereocenters. The molecule has 0 bridgehead atoms. The summed E-state index contributed by atoms with van der Waals surface area (Å²) in [5.74, 6) is -0.690. The number of aliphatic hydroxyl groups excluding tert-OH is 1. The Kier molecular flexibility index (Phi) is 6.62. The number of aliphatic hydroxyl groups is 1. The Morgan fingerprint density at radius 2 is 1.90 bits per heavy atom. The molecule has 0 aliphatic heterocycles. The Bertz CT molecular complexity index is 506. The van der Waals surface area contributed by atoms with Crippen LogP contribution in [0.3, 0.4) is 0 Å². The molecule has 114 valence electrons. The first-order chi connectivity index (χ1) is 9.97. The van der Waals surface area contributed by atoms with E-state index < -0.39 is 24.5 Å². The average Bonchev–Trinajstić information content (AvgIpc) is 2.50. The summed E-state index contributed by atoms with van der Waals surface area (Å²) in [7, 11) is 1.20. The predicted molar refractivity (Wildman–Crippen MR) is 80.6 cm³/mol. The maximum Gasteiger partial charge on any atom is 0.330 e. The maximum absolute atomic E-state index is 11.7. The molecule has 1 aromatic rings. The molecule has 5 heteroatoms. The zero-order valence-electron chi connectivity index (χ0n) is 12.5. The van der Waals surface area contributed by atoms with E-state index in [0.717, 1.165) is 5.56 Å². The molecule has 0 radical (unpaired) electrons. The highest BCUT2D eigenvalue weighted by Gasteiger charge is 2.18. The molecular formula is C16H21NO4. The van der Waals surface area contributed by atoms with E-state index in [2.05, 4.69) is 23.9 Å². The van der Waals surface area contributed by atoms with Gasteiger partial charge in [0.2, 0.25) is 5.91 Å². The van der Waals surface area contributed by atoms with Crippen LogP contribution >= 0.6 is 0 Å². The summed E-state index contributed by atoms with van der Waals surface area (Å²) in [5, 5.41) is 11.4. The van der Waals surface area contributed by atoms with Gasteiger partial charge < -0.3 is 15.2 Å². The van der Waals surface area contributed by atoms with Gasteiger partial charge in [-0.2, -0.15) is 0 Å². The summed E-state index contributed by atoms with van der Waals surface area (Å²) in [5.41, 5.74) is 2.11. The number of methoxy groups -OCH3 is 1. The fraction of sp³-hybridized carbons (Fsp3) is 0.375. The van der Waals surface area contributed by atoms with Gasteiger partial charge in [-0.3, -0.25) is 4.79 Å². The van der Waals surface area contributed by atoms with E-state index in [1.807, 2.05) is 24.3 Å². The number of carbonyl (C=O) groups excluding carboxylic acids is 2. The van der Waals surface area contributed by atoms with Crippen LogP contribution in [0, 0.1) is 0 Å². The van der Waals surface area contributed by atoms with E-state index in [9.17, 15) is 9.59 Å². The molecule has 1 amide bonds. The highest BCUT2D eigenvalue weighted by Crippen LogP contribution is 2.15. The molecule has 0 aliphatic carbocycles. The zero-order valence-corrected chi connectivity index (χ0v) is 12.5. The lowest BCUT2D eigenvalue weighted by Crippen LogP contribution is -2.43. The number of rotatable bonds is 6. The number of hydrogen-bond acceptors (Lipinski definition) is 4. The summed E-state index contributed by atoms with van der Waals surface area (Å²) < 4.78 is 4.46. The molecule has 21 heavy (non-hydrogen) atoms. The molecule has 1 rings (SSSR count). The van der Waals surface area contributed by atoms with Crippen molar-refractivity contribution in [1.29, 1.82) is 0 Å². The Morgan fingerprint density at radius 1 is 1.29 bits per heavy atom. The van der Waals surface area contributed by atoms with Gasteiger partial charge >= 0.3 is 5.97 Å². The second-order valence-electron chi connectivity index (χ2n) is 4.92. The third-order valence-corrected chi connectivity index (χ3v) is 3.02. The number of ether oxygens (including phenoxy) is 1. The standard InChI is InChI=1S/C16H21NO4/c1-11(2)13-7-4-12(5-8-13)6-9-15(19)17-14(10-18)16(20)21-3/h4-9,11,14,18H,10H2,1-3H3,(H,17,19)/b9-6+/t14-/m1/s1. The average molecular weight is 291 g/mol. The highest BCUT2D eigenvalue weighted by atomic mass is 16.5. The van der Waals surface area contributed by atoms with Gasteiger partial charge in [-0.15, -0.1) is 0 Å². The molecule has 0 saturated heterocycles. The van der Waals surface area contributed by atoms with Crippen molar-refractivity contribution in [3.05, 3.63) is 41.5 Å². The SMILES string of the molecule is COC(=O)[C@@H](CO)NC(=O)/C=C/c1ccc(C(C)C)cc1. The molecule has 0 aromatic heterocycles. The molecule has 0 aliphatic rings. The highest BCUT2D eigenvalue weighted by molar-refractivity contribution is 5.94. The second kappa shape index (κ2) is 8.21. The van der Waals surface area contributed by atoms with E-state index in [1.165, 1.54) is 18.7 Å². The Labute approximate surface area is 124 Å². The number of esters is 1. The number of nitrogens with one attached hydrogen (secondary N) is 1. The molecule has 0 unspecified atom stereocenters. The third kappa shape index (κ3) is 5.39. The van der Waals surface area contributed by atoms with Crippen LogP contribution in [0.5, 0.6) is 0 Å². The topological polar surface area (TPSA) is 75.6 Å². The lowest BCUT2D eigenvalue weighted by atomic mass is 10.0. The minimum Gasteiger partial charge on any atom is -0.467 e. The fourth-order valence-electron chi connectivity index (χ4n) is 1.71. The number of amides is 1. The zero-order chi connectivity index (χ0) is 15.8. The minimum absolute atomic E-state index is 0.455. The van der Waals surface area contributed by atoms with Gasteiger partial charge in [0.25, 0.3) is 0 Å². The second-order valence-corrected chi connectivity index (χ2v) is 4.92. The van der Waals surface area contributed by atoms with Crippen molar-refractivity contribution in [2.24, 2.45) is 0 Å². The first-order valence-corrected chi connectivity index (χ1v) is 6.75. The Hall–Kier alpha value is -2.14. The first-order valence-electron chi connectivity index (χ1n) is 6.75. The summed E-state index contributed by atoms with van der Waals surface area (Å²) in [4.78, 5) is 22.9. The molecule has 5 nitrogen and oxygen atoms in total. The van der Waals surface area contributed by atoms with Gasteiger partial charge in [0.1, 0.15) is 0 Å². The summed E-state index contributed by atoms with van der Waals surface area (Å²) >= 11 is 0. The van der Waals surface area contributed by atoms with E-state index in [0.29, 0.717) is 5.92 Å². The fourth-order valence-corrected chi connectivity index (χ4v) is 1.71. The first kappa shape index (κ1) is 16.9. The number of benzene rings is 1. The molecule has 2 N–H and O–H groups in total. The summed E-state index contributed by atoms with van der Waals surface area (Å²) in [6, 6.07) is 6.81. The van der Waals surface area contributed by atoms with E-state index in [1.54, 1.807) is 6.08 Å². The van der Waals surface area contributed by atoms with Crippen LogP contribution in [0.4, 0.5) is 0 Å². The summed E-state index contributed by atoms with van der Waals surface area (Å²) in [6.07, 6.45) is 2.96. The quantitative estimate of drug-likeness (QED) is 0.615. The predicted octanol–water partition coefficient (Wildman–Crippen LogP) is 1.47. The molecule has 1 aromatic carbocycles. The molecule has 0 spiro atoms. The number of carbonyl (C=O) groups is 2. The lowest BCUT2D eigenvalue weighted by molar-refractivity contribution is -0.145. The van der Waals surface area contributed by atoms with E-state index >= 15 is 0 Å². The normalized spacial score (nSPS) is 12.4. The van der Waals surface area contributed by atoms with Crippen LogP contribution < -0.4 is 5.32 Å². The van der Waals surface area contributed by atoms with Gasteiger partial charge in [-0.1, -0.05) is 38.1 Å². The van der Waals surface area contributed by atoms with Crippen molar-refractivity contribution in [2.75, 3.05) is 13.7 Å². The molecule has 0 saturated carbocycles. The van der Waals surface area contributed by atoms with Crippen molar-refractivity contribution < 1.29 is 19.4 Å². The van der Waals surface area contributed by atoms with Crippen LogP contribution in [0.25, 0.3) is 6.08 Å². The van der Waals surface area contributed by atoms with Gasteiger partial charge in [-0.25, -0.2) is 4.79 Å². The van der Waals surface area contributed by atoms with Crippen molar-refractivity contribution in [3.63, 3.8) is 0 Å². The summed E-state index contributed by atoms with van der Waals surface area (Å²) in [6.45, 7) is 3.72. The van der Waals surface area contributed by atoms with Crippen molar-refractivity contribution in [3.8, 4) is 0 Å². The molecule has 0 fully saturated rings. The van der Waals surface area contributed by atoms with Crippen molar-refractivity contribution in [1.82, 2.24) is 5.32 Å². The van der Waals surface area contributed by atoms with Gasteiger partial charge in [0, 0.05) is 6.08 Å². The Morgan fingerprint density at radius 3 is 2.38 bits per heavy atom. The maximum atomic E-state index is 11.7. The van der Waals surface area contributed by atoms with Crippen LogP contribution in [0.2, 0.25) is 0 Å².